The number of ether oxygens (including phenoxy) is 1. The minimum atomic E-state index is -0.0858. The fourth-order valence-corrected chi connectivity index (χ4v) is 2.69. The molecule has 0 radical (unpaired) electrons. The highest BCUT2D eigenvalue weighted by molar-refractivity contribution is 6.06. The van der Waals surface area contributed by atoms with Crippen LogP contribution in [0.5, 0.6) is 0 Å². The van der Waals surface area contributed by atoms with E-state index >= 15 is 0 Å². The van der Waals surface area contributed by atoms with Gasteiger partial charge in [-0.15, -0.1) is 0 Å². The largest absolute Gasteiger partial charge is 0.385 e. The highest BCUT2D eigenvalue weighted by Crippen LogP contribution is 2.28. The fraction of sp³-hybridized carbons (Fsp3) is 0.353. The Hall–Kier alpha value is -2.47. The summed E-state index contributed by atoms with van der Waals surface area (Å²) >= 11 is 0. The Kier molecular flexibility index (Phi) is 4.83. The van der Waals surface area contributed by atoms with Crippen molar-refractivity contribution in [1.82, 2.24) is 9.97 Å². The van der Waals surface area contributed by atoms with Gasteiger partial charge < -0.3 is 15.0 Å². The molecule has 1 amide bonds. The molecule has 0 saturated heterocycles. The number of para-hydroxylation sites is 1. The summed E-state index contributed by atoms with van der Waals surface area (Å²) < 4.78 is 5.01. The van der Waals surface area contributed by atoms with E-state index in [2.05, 4.69) is 21.4 Å². The van der Waals surface area contributed by atoms with Crippen molar-refractivity contribution in [2.24, 2.45) is 0 Å². The van der Waals surface area contributed by atoms with E-state index in [1.807, 2.05) is 18.2 Å². The molecule has 0 bridgehead atoms. The molecule has 0 unspecified atom stereocenters. The number of anilines is 2. The second kappa shape index (κ2) is 7.19. The number of hydrogen-bond acceptors (Lipinski definition) is 5. The Balaban J connectivity index is 1.71. The maximum Gasteiger partial charge on any atom is 0.277 e. The Morgan fingerprint density at radius 2 is 2.22 bits per heavy atom. The van der Waals surface area contributed by atoms with E-state index in [0.717, 1.165) is 25.1 Å². The normalized spacial score (nSPS) is 13.0. The molecule has 120 valence electrons. The van der Waals surface area contributed by atoms with Gasteiger partial charge in [-0.25, -0.2) is 9.97 Å². The lowest BCUT2D eigenvalue weighted by atomic mass is 10.2. The zero-order valence-electron chi connectivity index (χ0n) is 13.2. The third-order valence-electron chi connectivity index (χ3n) is 3.85. The van der Waals surface area contributed by atoms with Gasteiger partial charge >= 0.3 is 0 Å². The number of fused-ring (bicyclic) bond motifs is 1. The van der Waals surface area contributed by atoms with E-state index in [9.17, 15) is 4.79 Å². The first-order valence-electron chi connectivity index (χ1n) is 7.74. The summed E-state index contributed by atoms with van der Waals surface area (Å²) in [4.78, 5) is 22.8. The average molecular weight is 312 g/mol. The van der Waals surface area contributed by atoms with Gasteiger partial charge in [0.25, 0.3) is 5.91 Å². The second-order valence-electron chi connectivity index (χ2n) is 5.40. The van der Waals surface area contributed by atoms with Crippen LogP contribution in [0.3, 0.4) is 0 Å². The molecule has 0 atom stereocenters. The molecule has 2 aromatic rings. The molecule has 1 N–H and O–H groups in total. The summed E-state index contributed by atoms with van der Waals surface area (Å²) in [6.45, 7) is 2.12. The number of carbonyl (C=O) groups is 1. The van der Waals surface area contributed by atoms with Crippen LogP contribution in [0, 0.1) is 0 Å². The lowest BCUT2D eigenvalue weighted by Gasteiger charge is -2.17. The molecule has 1 aliphatic rings. The summed E-state index contributed by atoms with van der Waals surface area (Å²) in [5, 5.41) is 3.18. The first kappa shape index (κ1) is 15.4. The van der Waals surface area contributed by atoms with Gasteiger partial charge in [0.1, 0.15) is 17.8 Å². The number of amides is 1. The molecule has 6 nitrogen and oxygen atoms in total. The minimum absolute atomic E-state index is 0.0858. The fourth-order valence-electron chi connectivity index (χ4n) is 2.69. The summed E-state index contributed by atoms with van der Waals surface area (Å²) in [7, 11) is 1.68. The van der Waals surface area contributed by atoms with Crippen LogP contribution in [0.4, 0.5) is 11.5 Å². The highest BCUT2D eigenvalue weighted by Gasteiger charge is 2.26. The van der Waals surface area contributed by atoms with Gasteiger partial charge in [-0.2, -0.15) is 0 Å². The summed E-state index contributed by atoms with van der Waals surface area (Å²) in [6.07, 6.45) is 3.19. The molecule has 1 aromatic carbocycles. The maximum atomic E-state index is 12.7. The van der Waals surface area contributed by atoms with E-state index in [1.165, 1.54) is 11.9 Å². The number of benzene rings is 1. The van der Waals surface area contributed by atoms with Crippen LogP contribution in [0.15, 0.2) is 36.7 Å². The average Bonchev–Trinajstić information content (AvgIpc) is 3.02. The molecule has 3 rings (SSSR count). The molecule has 2 heterocycles. The van der Waals surface area contributed by atoms with E-state index in [0.29, 0.717) is 24.7 Å². The van der Waals surface area contributed by atoms with Gasteiger partial charge in [0.05, 0.1) is 0 Å². The molecule has 1 aliphatic heterocycles. The third-order valence-corrected chi connectivity index (χ3v) is 3.85. The first-order valence-corrected chi connectivity index (χ1v) is 7.74. The zero-order chi connectivity index (χ0) is 16.1. The SMILES string of the molecule is COCCCNc1cc(C(=O)N2CCc3ccccc32)ncn1. The van der Waals surface area contributed by atoms with Gasteiger partial charge in [0, 0.05) is 38.6 Å². The molecule has 23 heavy (non-hydrogen) atoms. The smallest absolute Gasteiger partial charge is 0.277 e. The summed E-state index contributed by atoms with van der Waals surface area (Å²) in [5.41, 5.74) is 2.59. The number of hydrogen-bond donors (Lipinski definition) is 1. The Bertz CT molecular complexity index is 690. The lowest BCUT2D eigenvalue weighted by Crippen LogP contribution is -2.29. The monoisotopic (exact) mass is 312 g/mol. The lowest BCUT2D eigenvalue weighted by molar-refractivity contribution is 0.0984. The predicted molar refractivity (Wildman–Crippen MR) is 88.8 cm³/mol. The summed E-state index contributed by atoms with van der Waals surface area (Å²) in [6, 6.07) is 9.69. The minimum Gasteiger partial charge on any atom is -0.385 e. The van der Waals surface area contributed by atoms with Gasteiger partial charge in [-0.05, 0) is 24.5 Å². The topological polar surface area (TPSA) is 67.3 Å². The zero-order valence-corrected chi connectivity index (χ0v) is 13.2. The van der Waals surface area contributed by atoms with Crippen LogP contribution in [0.1, 0.15) is 22.5 Å². The van der Waals surface area contributed by atoms with Crippen LogP contribution < -0.4 is 10.2 Å². The summed E-state index contributed by atoms with van der Waals surface area (Å²) in [5.74, 6) is 0.573. The van der Waals surface area contributed by atoms with E-state index in [4.69, 9.17) is 4.74 Å². The van der Waals surface area contributed by atoms with Gasteiger partial charge in [-0.3, -0.25) is 4.79 Å². The van der Waals surface area contributed by atoms with Crippen LogP contribution in [0.2, 0.25) is 0 Å². The van der Waals surface area contributed by atoms with Crippen molar-refractivity contribution in [2.75, 3.05) is 37.0 Å². The maximum absolute atomic E-state index is 12.7. The van der Waals surface area contributed by atoms with Crippen molar-refractivity contribution in [3.8, 4) is 0 Å². The molecule has 0 fully saturated rings. The van der Waals surface area contributed by atoms with Crippen LogP contribution in [0.25, 0.3) is 0 Å². The molecule has 1 aromatic heterocycles. The number of nitrogens with zero attached hydrogens (tertiary/aromatic N) is 3. The van der Waals surface area contributed by atoms with Crippen LogP contribution >= 0.6 is 0 Å². The van der Waals surface area contributed by atoms with E-state index < -0.39 is 0 Å². The standard InChI is InChI=1S/C17H20N4O2/c1-23-10-4-8-18-16-11-14(19-12-20-16)17(22)21-9-7-13-5-2-3-6-15(13)21/h2-3,5-6,11-12H,4,7-10H2,1H3,(H,18,19,20). The predicted octanol–water partition coefficient (Wildman–Crippen LogP) is 2.13. The second-order valence-corrected chi connectivity index (χ2v) is 5.40. The highest BCUT2D eigenvalue weighted by atomic mass is 16.5. The van der Waals surface area contributed by atoms with Crippen molar-refractivity contribution in [3.05, 3.63) is 47.9 Å². The molecule has 0 aliphatic carbocycles. The van der Waals surface area contributed by atoms with E-state index in [-0.39, 0.29) is 5.91 Å². The van der Waals surface area contributed by atoms with Crippen molar-refractivity contribution in [2.45, 2.75) is 12.8 Å². The Morgan fingerprint density at radius 3 is 3.09 bits per heavy atom. The van der Waals surface area contributed by atoms with Crippen molar-refractivity contribution in [1.29, 1.82) is 0 Å². The van der Waals surface area contributed by atoms with Gasteiger partial charge in [0.2, 0.25) is 0 Å². The van der Waals surface area contributed by atoms with Gasteiger partial charge in [-0.1, -0.05) is 18.2 Å². The van der Waals surface area contributed by atoms with Crippen molar-refractivity contribution in [3.63, 3.8) is 0 Å². The van der Waals surface area contributed by atoms with Gasteiger partial charge in [0.15, 0.2) is 0 Å². The van der Waals surface area contributed by atoms with Crippen LogP contribution in [-0.2, 0) is 11.2 Å². The molecular formula is C17H20N4O2. The number of nitrogens with one attached hydrogen (secondary N) is 1. The van der Waals surface area contributed by atoms with Crippen LogP contribution in [-0.4, -0.2) is 42.7 Å². The molecule has 0 spiro atoms. The number of aromatic nitrogens is 2. The van der Waals surface area contributed by atoms with Crippen molar-refractivity contribution < 1.29 is 9.53 Å². The molecule has 0 saturated carbocycles. The first-order chi connectivity index (χ1) is 11.3. The number of carbonyl (C=O) groups excluding carboxylic acids is 1. The third kappa shape index (κ3) is 3.48. The quantitative estimate of drug-likeness (QED) is 0.828. The molecular weight excluding hydrogens is 292 g/mol. The number of rotatable bonds is 6. The Morgan fingerprint density at radius 1 is 1.35 bits per heavy atom. The number of methoxy groups -OCH3 is 1. The van der Waals surface area contributed by atoms with E-state index in [1.54, 1.807) is 18.1 Å². The Labute approximate surface area is 135 Å². The molecule has 6 heteroatoms. The van der Waals surface area contributed by atoms with Crippen molar-refractivity contribution >= 4 is 17.4 Å².